The molecule has 1 rings (SSSR count). The van der Waals surface area contributed by atoms with E-state index in [1.807, 2.05) is 12.1 Å². The fraction of sp³-hybridized carbons (Fsp3) is 0.333. The number of pyridine rings is 1. The van der Waals surface area contributed by atoms with Gasteiger partial charge in [-0.1, -0.05) is 6.07 Å². The number of ether oxygens (including phenoxy) is 1. The number of esters is 1. The first kappa shape index (κ1) is 9.67. The van der Waals surface area contributed by atoms with E-state index in [9.17, 15) is 4.79 Å². The van der Waals surface area contributed by atoms with E-state index in [-0.39, 0.29) is 12.0 Å². The van der Waals surface area contributed by atoms with Crippen molar-refractivity contribution in [3.8, 4) is 0 Å². The number of methoxy groups -OCH3 is 1. The number of nitrogens with zero attached hydrogens (tertiary/aromatic N) is 1. The van der Waals surface area contributed by atoms with Gasteiger partial charge in [-0.3, -0.25) is 4.98 Å². The topological polar surface area (TPSA) is 66.8 Å². The van der Waals surface area contributed by atoms with Gasteiger partial charge in [0.15, 0.2) is 6.04 Å². The number of rotatable bonds is 3. The molecule has 1 heterocycles. The Balaban J connectivity index is 2.55. The summed E-state index contributed by atoms with van der Waals surface area (Å²) in [6.45, 7) is 0. The van der Waals surface area contributed by atoms with Gasteiger partial charge in [-0.2, -0.15) is 0 Å². The van der Waals surface area contributed by atoms with Crippen LogP contribution in [0, 0.1) is 0 Å². The second-order valence-electron chi connectivity index (χ2n) is 2.79. The molecule has 1 aromatic heterocycles. The highest BCUT2D eigenvalue weighted by Crippen LogP contribution is 1.99. The van der Waals surface area contributed by atoms with Crippen LogP contribution in [0.4, 0.5) is 0 Å². The van der Waals surface area contributed by atoms with Gasteiger partial charge in [0.1, 0.15) is 0 Å². The lowest BCUT2D eigenvalue weighted by atomic mass is 10.1. The molecule has 0 saturated carbocycles. The predicted octanol–water partition coefficient (Wildman–Crippen LogP) is -0.592. The van der Waals surface area contributed by atoms with Gasteiger partial charge in [0.2, 0.25) is 0 Å². The Morgan fingerprint density at radius 3 is 3.08 bits per heavy atom. The van der Waals surface area contributed by atoms with E-state index < -0.39 is 0 Å². The lowest BCUT2D eigenvalue weighted by molar-refractivity contribution is -0.407. The van der Waals surface area contributed by atoms with Crippen LogP contribution < -0.4 is 5.73 Å². The molecule has 3 N–H and O–H groups in total. The van der Waals surface area contributed by atoms with Crippen molar-refractivity contribution in [2.45, 2.75) is 12.5 Å². The Hall–Kier alpha value is -1.42. The van der Waals surface area contributed by atoms with Crippen molar-refractivity contribution in [3.63, 3.8) is 0 Å². The first-order valence-corrected chi connectivity index (χ1v) is 4.04. The van der Waals surface area contributed by atoms with E-state index in [1.165, 1.54) is 7.11 Å². The minimum Gasteiger partial charge on any atom is -0.465 e. The molecule has 0 unspecified atom stereocenters. The highest BCUT2D eigenvalue weighted by Gasteiger charge is 2.17. The van der Waals surface area contributed by atoms with E-state index in [2.05, 4.69) is 15.5 Å². The van der Waals surface area contributed by atoms with Crippen LogP contribution >= 0.6 is 0 Å². The maximum atomic E-state index is 11.0. The summed E-state index contributed by atoms with van der Waals surface area (Å²) in [6, 6.07) is 3.39. The van der Waals surface area contributed by atoms with Gasteiger partial charge in [0, 0.05) is 18.8 Å². The van der Waals surface area contributed by atoms with Crippen LogP contribution in [0.2, 0.25) is 0 Å². The molecular formula is C9H13N2O2+. The summed E-state index contributed by atoms with van der Waals surface area (Å²) < 4.78 is 4.56. The molecule has 1 atom stereocenters. The zero-order valence-electron chi connectivity index (χ0n) is 7.56. The third-order valence-corrected chi connectivity index (χ3v) is 1.74. The van der Waals surface area contributed by atoms with Gasteiger partial charge < -0.3 is 10.5 Å². The molecule has 0 amide bonds. The van der Waals surface area contributed by atoms with E-state index in [4.69, 9.17) is 0 Å². The van der Waals surface area contributed by atoms with Crippen molar-refractivity contribution >= 4 is 5.97 Å². The number of carbonyl (C=O) groups excluding carboxylic acids is 1. The minimum atomic E-state index is -0.353. The van der Waals surface area contributed by atoms with Crippen molar-refractivity contribution in [2.75, 3.05) is 7.11 Å². The van der Waals surface area contributed by atoms with Gasteiger partial charge >= 0.3 is 5.97 Å². The minimum absolute atomic E-state index is 0.288. The van der Waals surface area contributed by atoms with E-state index in [1.54, 1.807) is 12.4 Å². The Labute approximate surface area is 76.7 Å². The molecule has 0 aliphatic rings. The van der Waals surface area contributed by atoms with Crippen LogP contribution in [-0.4, -0.2) is 24.1 Å². The van der Waals surface area contributed by atoms with Crippen LogP contribution in [-0.2, 0) is 16.0 Å². The normalized spacial score (nSPS) is 12.2. The summed E-state index contributed by atoms with van der Waals surface area (Å²) in [6.07, 6.45) is 3.99. The van der Waals surface area contributed by atoms with Crippen molar-refractivity contribution < 1.29 is 15.3 Å². The third-order valence-electron chi connectivity index (χ3n) is 1.74. The van der Waals surface area contributed by atoms with E-state index in [0.29, 0.717) is 6.42 Å². The number of carbonyl (C=O) groups is 1. The Kier molecular flexibility index (Phi) is 3.40. The molecule has 1 aromatic rings. The third kappa shape index (κ3) is 2.83. The standard InChI is InChI=1S/C9H12N2O2/c1-13-9(12)8(10)5-7-3-2-4-11-6-7/h2-4,6,8H,5,10H2,1H3/p+1/t8-/m1/s1. The summed E-state index contributed by atoms with van der Waals surface area (Å²) in [5.41, 5.74) is 4.70. The highest BCUT2D eigenvalue weighted by atomic mass is 16.5. The summed E-state index contributed by atoms with van der Waals surface area (Å²) in [7, 11) is 1.36. The number of hydrogen-bond donors (Lipinski definition) is 1. The summed E-state index contributed by atoms with van der Waals surface area (Å²) >= 11 is 0. The SMILES string of the molecule is COC(=O)[C@H]([NH3+])Cc1cccnc1. The molecule has 70 valence electrons. The van der Waals surface area contributed by atoms with Gasteiger partial charge in [-0.05, 0) is 11.6 Å². The molecule has 0 aliphatic carbocycles. The first-order valence-electron chi connectivity index (χ1n) is 4.04. The van der Waals surface area contributed by atoms with Crippen molar-refractivity contribution in [3.05, 3.63) is 30.1 Å². The maximum Gasteiger partial charge on any atom is 0.364 e. The molecule has 4 heteroatoms. The van der Waals surface area contributed by atoms with Gasteiger partial charge in [-0.15, -0.1) is 0 Å². The second-order valence-corrected chi connectivity index (χ2v) is 2.79. The first-order chi connectivity index (χ1) is 6.24. The zero-order chi connectivity index (χ0) is 9.68. The monoisotopic (exact) mass is 181 g/mol. The molecular weight excluding hydrogens is 168 g/mol. The summed E-state index contributed by atoms with van der Waals surface area (Å²) in [4.78, 5) is 15.0. The van der Waals surface area contributed by atoms with Crippen LogP contribution in [0.3, 0.4) is 0 Å². The Bertz CT molecular complexity index is 274. The molecule has 4 nitrogen and oxygen atoms in total. The molecule has 0 spiro atoms. The smallest absolute Gasteiger partial charge is 0.364 e. The van der Waals surface area contributed by atoms with Gasteiger partial charge in [0.25, 0.3) is 0 Å². The summed E-state index contributed by atoms with van der Waals surface area (Å²) in [5, 5.41) is 0. The molecule has 0 radical (unpaired) electrons. The number of aromatic nitrogens is 1. The van der Waals surface area contributed by atoms with Crippen LogP contribution in [0.5, 0.6) is 0 Å². The van der Waals surface area contributed by atoms with Crippen LogP contribution in [0.25, 0.3) is 0 Å². The Morgan fingerprint density at radius 1 is 1.77 bits per heavy atom. The Morgan fingerprint density at radius 2 is 2.54 bits per heavy atom. The lowest BCUT2D eigenvalue weighted by Crippen LogP contribution is -2.66. The fourth-order valence-corrected chi connectivity index (χ4v) is 1.05. The van der Waals surface area contributed by atoms with Crippen molar-refractivity contribution in [1.29, 1.82) is 0 Å². The molecule has 0 saturated heterocycles. The largest absolute Gasteiger partial charge is 0.465 e. The molecule has 0 aromatic carbocycles. The molecule has 13 heavy (non-hydrogen) atoms. The van der Waals surface area contributed by atoms with Gasteiger partial charge in [-0.25, -0.2) is 4.79 Å². The number of hydrogen-bond acceptors (Lipinski definition) is 3. The molecule has 0 aliphatic heterocycles. The van der Waals surface area contributed by atoms with E-state index in [0.717, 1.165) is 5.56 Å². The predicted molar refractivity (Wildman–Crippen MR) is 46.6 cm³/mol. The molecule has 0 fully saturated rings. The van der Waals surface area contributed by atoms with E-state index >= 15 is 0 Å². The van der Waals surface area contributed by atoms with Crippen molar-refractivity contribution in [2.24, 2.45) is 0 Å². The number of quaternary nitrogens is 1. The lowest BCUT2D eigenvalue weighted by Gasteiger charge is -2.04. The molecule has 0 bridgehead atoms. The maximum absolute atomic E-state index is 11.0. The van der Waals surface area contributed by atoms with Crippen LogP contribution in [0.15, 0.2) is 24.5 Å². The van der Waals surface area contributed by atoms with Crippen molar-refractivity contribution in [1.82, 2.24) is 4.98 Å². The van der Waals surface area contributed by atoms with Gasteiger partial charge in [0.05, 0.1) is 7.11 Å². The average molecular weight is 181 g/mol. The summed E-state index contributed by atoms with van der Waals surface area (Å²) in [5.74, 6) is -0.288. The fourth-order valence-electron chi connectivity index (χ4n) is 1.05. The zero-order valence-corrected chi connectivity index (χ0v) is 7.56. The second kappa shape index (κ2) is 4.57. The quantitative estimate of drug-likeness (QED) is 0.634. The highest BCUT2D eigenvalue weighted by molar-refractivity contribution is 5.74. The van der Waals surface area contributed by atoms with Crippen LogP contribution in [0.1, 0.15) is 5.56 Å². The average Bonchev–Trinajstić information content (AvgIpc) is 2.18.